The van der Waals surface area contributed by atoms with Crippen LogP contribution in [0.15, 0.2) is 51.6 Å². The quantitative estimate of drug-likeness (QED) is 0.459. The number of imide groups is 1. The first kappa shape index (κ1) is 21.9. The van der Waals surface area contributed by atoms with Crippen molar-refractivity contribution in [3.63, 3.8) is 0 Å². The van der Waals surface area contributed by atoms with Gasteiger partial charge in [-0.25, -0.2) is 0 Å². The highest BCUT2D eigenvalue weighted by molar-refractivity contribution is 8.00. The highest BCUT2D eigenvalue weighted by atomic mass is 32.2. The number of carbonyl (C=O) groups is 2. The van der Waals surface area contributed by atoms with Gasteiger partial charge < -0.3 is 4.98 Å². The molecule has 1 aromatic carbocycles. The number of amides is 2. The van der Waals surface area contributed by atoms with E-state index in [-0.39, 0.29) is 39.5 Å². The lowest BCUT2D eigenvalue weighted by molar-refractivity contribution is -0.137. The summed E-state index contributed by atoms with van der Waals surface area (Å²) in [5, 5.41) is 2.90. The number of benzene rings is 1. The Morgan fingerprint density at radius 3 is 2.49 bits per heavy atom. The predicted molar refractivity (Wildman–Crippen MR) is 127 cm³/mol. The highest BCUT2D eigenvalue weighted by Crippen LogP contribution is 2.69. The van der Waals surface area contributed by atoms with Gasteiger partial charge in [0.05, 0.1) is 28.1 Å². The van der Waals surface area contributed by atoms with E-state index in [2.05, 4.69) is 11.1 Å². The molecule has 7 rings (SSSR count). The Labute approximate surface area is 209 Å². The molecule has 5 nitrogen and oxygen atoms in total. The van der Waals surface area contributed by atoms with Gasteiger partial charge in [-0.3, -0.25) is 19.3 Å². The van der Waals surface area contributed by atoms with Crippen molar-refractivity contribution < 1.29 is 22.8 Å². The number of nitrogens with one attached hydrogen (secondary N) is 1. The number of rotatable bonds is 2. The van der Waals surface area contributed by atoms with Crippen molar-refractivity contribution in [1.29, 1.82) is 0 Å². The molecule has 2 saturated carbocycles. The lowest BCUT2D eigenvalue weighted by atomic mass is 9.69. The standard InChI is InChI=1S/C24H17F3N2O3S3/c25-24(26,27)9-3-1-4-10(7-9)29-21(30)15-11-8-12(16(15)22(29)31)18-14(11)17(13-5-2-6-33-13)19-20(34-18)28-23(32)35-19/h1-7,11-12,14-18H,8H2,(H,28,32)/t11-,12+,14+,15+,16+,17+,18-/m1/s1. The first-order chi connectivity index (χ1) is 16.7. The van der Waals surface area contributed by atoms with Gasteiger partial charge in [0.1, 0.15) is 0 Å². The van der Waals surface area contributed by atoms with Crippen LogP contribution in [0.4, 0.5) is 18.9 Å². The number of hydrogen-bond donors (Lipinski definition) is 1. The van der Waals surface area contributed by atoms with Gasteiger partial charge in [-0.1, -0.05) is 23.5 Å². The van der Waals surface area contributed by atoms with E-state index in [1.807, 2.05) is 11.4 Å². The minimum Gasteiger partial charge on any atom is -0.307 e. The number of nitrogens with zero attached hydrogens (tertiary/aromatic N) is 1. The van der Waals surface area contributed by atoms with E-state index in [4.69, 9.17) is 0 Å². The molecule has 180 valence electrons. The first-order valence-corrected chi connectivity index (χ1v) is 13.8. The molecule has 2 aliphatic heterocycles. The number of aromatic nitrogens is 1. The summed E-state index contributed by atoms with van der Waals surface area (Å²) in [6.45, 7) is 0. The molecule has 0 spiro atoms. The number of H-pyrrole nitrogens is 1. The topological polar surface area (TPSA) is 70.2 Å². The molecule has 4 heterocycles. The van der Waals surface area contributed by atoms with Gasteiger partial charge in [-0.2, -0.15) is 13.2 Å². The molecule has 2 amide bonds. The molecule has 1 N–H and O–H groups in total. The Bertz CT molecular complexity index is 1430. The number of thiophene rings is 1. The molecule has 35 heavy (non-hydrogen) atoms. The summed E-state index contributed by atoms with van der Waals surface area (Å²) in [6, 6.07) is 8.48. The summed E-state index contributed by atoms with van der Waals surface area (Å²) >= 11 is 4.42. The second kappa shape index (κ2) is 7.33. The van der Waals surface area contributed by atoms with E-state index in [9.17, 15) is 27.6 Å². The summed E-state index contributed by atoms with van der Waals surface area (Å²) in [6.07, 6.45) is -3.82. The van der Waals surface area contributed by atoms with E-state index in [0.29, 0.717) is 0 Å². The Morgan fingerprint density at radius 2 is 1.77 bits per heavy atom. The maximum Gasteiger partial charge on any atom is 0.416 e. The molecule has 2 aromatic heterocycles. The van der Waals surface area contributed by atoms with Gasteiger partial charge in [0.2, 0.25) is 11.8 Å². The summed E-state index contributed by atoms with van der Waals surface area (Å²) in [7, 11) is 0. The van der Waals surface area contributed by atoms with Gasteiger partial charge >= 0.3 is 11.0 Å². The molecule has 7 atom stereocenters. The van der Waals surface area contributed by atoms with Crippen molar-refractivity contribution in [3.05, 3.63) is 66.8 Å². The molecule has 3 aromatic rings. The number of anilines is 1. The number of carbonyl (C=O) groups excluding carboxylic acids is 2. The zero-order valence-electron chi connectivity index (χ0n) is 17.8. The summed E-state index contributed by atoms with van der Waals surface area (Å²) in [4.78, 5) is 45.4. The summed E-state index contributed by atoms with van der Waals surface area (Å²) < 4.78 is 39.9. The smallest absolute Gasteiger partial charge is 0.307 e. The fourth-order valence-corrected chi connectivity index (χ4v) is 10.7. The average Bonchev–Trinajstić information content (AvgIpc) is 3.61. The molecule has 3 fully saturated rings. The summed E-state index contributed by atoms with van der Waals surface area (Å²) in [5.74, 6) is -1.94. The molecule has 1 saturated heterocycles. The SMILES string of the molecule is O=C1[C@H]2[C@@H]3C[C@@H]([C@@H]2C(=O)N1c1cccc(C(F)(F)F)c1)[C@H]1[C@H](c2cccs2)c2sc(=O)[nH]c2S[C@H]31. The van der Waals surface area contributed by atoms with Crippen LogP contribution in [-0.4, -0.2) is 22.0 Å². The molecule has 4 aliphatic rings. The third kappa shape index (κ3) is 2.97. The Kier molecular flexibility index (Phi) is 4.58. The van der Waals surface area contributed by atoms with Gasteiger partial charge in [-0.05, 0) is 53.8 Å². The Hall–Kier alpha value is -2.37. The minimum atomic E-state index is -4.56. The van der Waals surface area contributed by atoms with E-state index in [0.717, 1.165) is 38.2 Å². The van der Waals surface area contributed by atoms with Crippen LogP contribution in [0, 0.1) is 29.6 Å². The van der Waals surface area contributed by atoms with E-state index in [1.54, 1.807) is 23.1 Å². The van der Waals surface area contributed by atoms with Gasteiger partial charge in [-0.15, -0.1) is 23.1 Å². The van der Waals surface area contributed by atoms with Crippen molar-refractivity contribution >= 4 is 51.9 Å². The molecular formula is C24H17F3N2O3S3. The van der Waals surface area contributed by atoms with Gasteiger partial charge in [0, 0.05) is 20.9 Å². The van der Waals surface area contributed by atoms with Crippen LogP contribution in [0.1, 0.15) is 27.7 Å². The lowest BCUT2D eigenvalue weighted by Crippen LogP contribution is -2.42. The Morgan fingerprint density at radius 1 is 1.00 bits per heavy atom. The second-order valence-electron chi connectivity index (χ2n) is 9.54. The molecule has 2 aliphatic carbocycles. The largest absolute Gasteiger partial charge is 0.416 e. The predicted octanol–water partition coefficient (Wildman–Crippen LogP) is 5.19. The number of fused-ring (bicyclic) bond motifs is 9. The van der Waals surface area contributed by atoms with E-state index < -0.39 is 35.4 Å². The van der Waals surface area contributed by atoms with Crippen molar-refractivity contribution in [2.24, 2.45) is 29.6 Å². The second-order valence-corrected chi connectivity index (χ2v) is 12.7. The normalized spacial score (nSPS) is 33.2. The fraction of sp³-hybridized carbons (Fsp3) is 0.375. The number of thiazole rings is 1. The highest BCUT2D eigenvalue weighted by Gasteiger charge is 2.69. The van der Waals surface area contributed by atoms with Gasteiger partial charge in [0.15, 0.2) is 0 Å². The summed E-state index contributed by atoms with van der Waals surface area (Å²) in [5.41, 5.74) is -0.900. The van der Waals surface area contributed by atoms with E-state index in [1.165, 1.54) is 23.5 Å². The number of alkyl halides is 3. The van der Waals surface area contributed by atoms with Crippen molar-refractivity contribution in [1.82, 2.24) is 4.98 Å². The van der Waals surface area contributed by atoms with E-state index >= 15 is 0 Å². The number of aromatic amines is 1. The van der Waals surface area contributed by atoms with Crippen LogP contribution in [0.25, 0.3) is 0 Å². The molecule has 0 unspecified atom stereocenters. The fourth-order valence-electron chi connectivity index (χ4n) is 6.88. The van der Waals surface area contributed by atoms with Crippen molar-refractivity contribution in [3.8, 4) is 0 Å². The lowest BCUT2D eigenvalue weighted by Gasteiger charge is -2.42. The van der Waals surface area contributed by atoms with Crippen molar-refractivity contribution in [2.75, 3.05) is 4.90 Å². The maximum absolute atomic E-state index is 13.6. The molecule has 11 heteroatoms. The zero-order chi connectivity index (χ0) is 24.2. The van der Waals surface area contributed by atoms with Crippen LogP contribution >= 0.6 is 34.4 Å². The minimum absolute atomic E-state index is 0.0162. The maximum atomic E-state index is 13.6. The average molecular weight is 535 g/mol. The zero-order valence-corrected chi connectivity index (χ0v) is 20.3. The molecule has 2 bridgehead atoms. The Balaban J connectivity index is 1.30. The number of halogens is 3. The number of hydrogen-bond acceptors (Lipinski definition) is 6. The van der Waals surface area contributed by atoms with Crippen LogP contribution in [0.5, 0.6) is 0 Å². The molecule has 0 radical (unpaired) electrons. The van der Waals surface area contributed by atoms with Crippen molar-refractivity contribution in [2.45, 2.75) is 28.8 Å². The van der Waals surface area contributed by atoms with Crippen LogP contribution in [0.2, 0.25) is 0 Å². The molecular weight excluding hydrogens is 517 g/mol. The number of thioether (sulfide) groups is 1. The third-order valence-corrected chi connectivity index (χ3v) is 11.5. The van der Waals surface area contributed by atoms with Gasteiger partial charge in [0.25, 0.3) is 0 Å². The monoisotopic (exact) mass is 534 g/mol. The third-order valence-electron chi connectivity index (χ3n) is 8.01. The van der Waals surface area contributed by atoms with Crippen LogP contribution in [-0.2, 0) is 15.8 Å². The van der Waals surface area contributed by atoms with Crippen LogP contribution < -0.4 is 9.77 Å². The first-order valence-electron chi connectivity index (χ1n) is 11.2. The van der Waals surface area contributed by atoms with Crippen LogP contribution in [0.3, 0.4) is 0 Å².